The number of benzene rings is 2. The van der Waals surface area contributed by atoms with Crippen LogP contribution < -0.4 is 11.1 Å². The Bertz CT molecular complexity index is 998. The van der Waals surface area contributed by atoms with Crippen LogP contribution in [-0.2, 0) is 9.84 Å². The second kappa shape index (κ2) is 6.86. The summed E-state index contributed by atoms with van der Waals surface area (Å²) in [5, 5.41) is 10.7. The van der Waals surface area contributed by atoms with Gasteiger partial charge >= 0.3 is 0 Å². The Morgan fingerprint density at radius 1 is 1.11 bits per heavy atom. The molecule has 0 heterocycles. The Hall–Kier alpha value is -2.59. The van der Waals surface area contributed by atoms with Crippen LogP contribution in [0.5, 0.6) is 0 Å². The molecule has 0 radical (unpaired) electrons. The van der Waals surface area contributed by atoms with Crippen LogP contribution in [0.4, 0.5) is 24.5 Å². The number of nitrogens with two attached hydrogens (primary N) is 1. The van der Waals surface area contributed by atoms with Crippen molar-refractivity contribution in [3.05, 3.63) is 53.3 Å². The first kappa shape index (κ1) is 19.2. The molecule has 6 nitrogen and oxygen atoms in total. The van der Waals surface area contributed by atoms with E-state index in [4.69, 9.17) is 5.73 Å². The Morgan fingerprint density at radius 2 is 1.70 bits per heavy atom. The summed E-state index contributed by atoms with van der Waals surface area (Å²) in [7, 11) is -3.85. The van der Waals surface area contributed by atoms with Crippen LogP contribution in [0.15, 0.2) is 35.2 Å². The number of carbonyl (C=O) groups excluding carboxylic acids is 1. The first-order chi connectivity index (χ1) is 12.6. The zero-order chi connectivity index (χ0) is 19.9. The number of sulfone groups is 1. The van der Waals surface area contributed by atoms with Crippen molar-refractivity contribution >= 4 is 27.1 Å². The SMILES string of the molecule is Nc1ccc(C(=O)Nc2cc(F)c(F)c(F)c2)cc1S(=O)(=O)C1CC(O)C1. The van der Waals surface area contributed by atoms with Gasteiger partial charge in [-0.15, -0.1) is 0 Å². The van der Waals surface area contributed by atoms with Gasteiger partial charge in [-0.25, -0.2) is 21.6 Å². The van der Waals surface area contributed by atoms with Crippen molar-refractivity contribution in [1.29, 1.82) is 0 Å². The topological polar surface area (TPSA) is 109 Å². The van der Waals surface area contributed by atoms with Crippen molar-refractivity contribution < 1.29 is 31.5 Å². The highest BCUT2D eigenvalue weighted by molar-refractivity contribution is 7.92. The largest absolute Gasteiger partial charge is 0.398 e. The zero-order valence-electron chi connectivity index (χ0n) is 13.7. The maximum atomic E-state index is 13.2. The highest BCUT2D eigenvalue weighted by atomic mass is 32.2. The smallest absolute Gasteiger partial charge is 0.255 e. The summed E-state index contributed by atoms with van der Waals surface area (Å²) in [5.74, 6) is -5.48. The molecule has 10 heteroatoms. The molecule has 1 saturated carbocycles. The fourth-order valence-electron chi connectivity index (χ4n) is 2.72. The summed E-state index contributed by atoms with van der Waals surface area (Å²) < 4.78 is 64.6. The molecule has 144 valence electrons. The Balaban J connectivity index is 1.88. The maximum Gasteiger partial charge on any atom is 0.255 e. The molecule has 1 aliphatic rings. The van der Waals surface area contributed by atoms with Crippen molar-refractivity contribution in [2.24, 2.45) is 0 Å². The number of anilines is 2. The molecule has 0 atom stereocenters. The van der Waals surface area contributed by atoms with Crippen LogP contribution in [-0.4, -0.2) is 30.8 Å². The minimum Gasteiger partial charge on any atom is -0.398 e. The van der Waals surface area contributed by atoms with Crippen LogP contribution in [0.2, 0.25) is 0 Å². The molecule has 27 heavy (non-hydrogen) atoms. The summed E-state index contributed by atoms with van der Waals surface area (Å²) in [4.78, 5) is 12.0. The molecule has 0 aromatic heterocycles. The second-order valence-electron chi connectivity index (χ2n) is 6.25. The number of halogens is 3. The van der Waals surface area contributed by atoms with Gasteiger partial charge in [-0.05, 0) is 31.0 Å². The van der Waals surface area contributed by atoms with Gasteiger partial charge in [0, 0.05) is 23.4 Å². The Kier molecular flexibility index (Phi) is 4.87. The van der Waals surface area contributed by atoms with E-state index in [0.717, 1.165) is 6.07 Å². The van der Waals surface area contributed by atoms with Crippen LogP contribution in [0.25, 0.3) is 0 Å². The molecule has 0 unspecified atom stereocenters. The molecule has 1 amide bonds. The van der Waals surface area contributed by atoms with Gasteiger partial charge in [0.25, 0.3) is 5.91 Å². The first-order valence-corrected chi connectivity index (χ1v) is 9.41. The second-order valence-corrected chi connectivity index (χ2v) is 8.45. The van der Waals surface area contributed by atoms with E-state index in [9.17, 15) is 31.5 Å². The Morgan fingerprint density at radius 3 is 2.26 bits per heavy atom. The van der Waals surface area contributed by atoms with Gasteiger partial charge in [0.1, 0.15) is 0 Å². The van der Waals surface area contributed by atoms with Gasteiger partial charge in [-0.3, -0.25) is 4.79 Å². The van der Waals surface area contributed by atoms with Crippen LogP contribution in [0.3, 0.4) is 0 Å². The molecule has 2 aromatic carbocycles. The molecule has 1 aliphatic carbocycles. The quantitative estimate of drug-likeness (QED) is 0.539. The van der Waals surface area contributed by atoms with Gasteiger partial charge in [-0.1, -0.05) is 0 Å². The number of hydrogen-bond donors (Lipinski definition) is 3. The summed E-state index contributed by atoms with van der Waals surface area (Å²) in [6.07, 6.45) is -0.542. The molecule has 0 saturated heterocycles. The molecule has 0 aliphatic heterocycles. The van der Waals surface area contributed by atoms with Crippen LogP contribution in [0.1, 0.15) is 23.2 Å². The summed E-state index contributed by atoms with van der Waals surface area (Å²) in [6, 6.07) is 4.72. The van der Waals surface area contributed by atoms with Gasteiger partial charge in [0.05, 0.1) is 21.9 Å². The van der Waals surface area contributed by atoms with E-state index in [2.05, 4.69) is 5.32 Å². The van der Waals surface area contributed by atoms with Gasteiger partial charge in [0.15, 0.2) is 27.3 Å². The third kappa shape index (κ3) is 3.62. The number of hydrogen-bond acceptors (Lipinski definition) is 5. The molecule has 0 spiro atoms. The van der Waals surface area contributed by atoms with Crippen molar-refractivity contribution in [3.63, 3.8) is 0 Å². The lowest BCUT2D eigenvalue weighted by molar-refractivity contribution is 0.0976. The average molecular weight is 400 g/mol. The van der Waals surface area contributed by atoms with Crippen molar-refractivity contribution in [3.8, 4) is 0 Å². The third-order valence-electron chi connectivity index (χ3n) is 4.33. The van der Waals surface area contributed by atoms with E-state index in [1.165, 1.54) is 12.1 Å². The zero-order valence-corrected chi connectivity index (χ0v) is 14.6. The molecule has 0 bridgehead atoms. The molecular formula is C17H15F3N2O4S. The van der Waals surface area contributed by atoms with E-state index in [-0.39, 0.29) is 34.7 Å². The van der Waals surface area contributed by atoms with Crippen molar-refractivity contribution in [2.75, 3.05) is 11.1 Å². The maximum absolute atomic E-state index is 13.2. The summed E-state index contributed by atoms with van der Waals surface area (Å²) in [6.45, 7) is 0. The lowest BCUT2D eigenvalue weighted by Gasteiger charge is -2.31. The monoisotopic (exact) mass is 400 g/mol. The van der Waals surface area contributed by atoms with Crippen molar-refractivity contribution in [2.45, 2.75) is 29.1 Å². The van der Waals surface area contributed by atoms with Crippen molar-refractivity contribution in [1.82, 2.24) is 0 Å². The highest BCUT2D eigenvalue weighted by Crippen LogP contribution is 2.34. The number of aliphatic hydroxyl groups is 1. The van der Waals surface area contributed by atoms with E-state index >= 15 is 0 Å². The number of nitrogens with one attached hydrogen (secondary N) is 1. The molecule has 1 fully saturated rings. The molecule has 4 N–H and O–H groups in total. The number of rotatable bonds is 4. The van der Waals surface area contributed by atoms with E-state index in [1.807, 2.05) is 0 Å². The fourth-order valence-corrected chi connectivity index (χ4v) is 4.72. The lowest BCUT2D eigenvalue weighted by atomic mass is 9.96. The van der Waals surface area contributed by atoms with E-state index < -0.39 is 44.5 Å². The van der Waals surface area contributed by atoms with Gasteiger partial charge < -0.3 is 16.2 Å². The normalized spacial score (nSPS) is 19.4. The predicted molar refractivity (Wildman–Crippen MR) is 91.3 cm³/mol. The average Bonchev–Trinajstić information content (AvgIpc) is 2.56. The molecule has 3 rings (SSSR count). The van der Waals surface area contributed by atoms with Gasteiger partial charge in [0.2, 0.25) is 0 Å². The number of carbonyl (C=O) groups is 1. The van der Waals surface area contributed by atoms with E-state index in [0.29, 0.717) is 12.1 Å². The number of amides is 1. The highest BCUT2D eigenvalue weighted by Gasteiger charge is 2.39. The Labute approximate surface area is 152 Å². The van der Waals surface area contributed by atoms with Crippen LogP contribution >= 0.6 is 0 Å². The summed E-state index contributed by atoms with van der Waals surface area (Å²) in [5.41, 5.74) is 5.21. The van der Waals surface area contributed by atoms with Gasteiger partial charge in [-0.2, -0.15) is 0 Å². The standard InChI is InChI=1S/C17H15F3N2O4S/c18-12-4-9(5-13(19)16(12)20)22-17(24)8-1-2-14(21)15(3-8)27(25,26)11-6-10(23)7-11/h1-5,10-11,23H,6-7,21H2,(H,22,24). The third-order valence-corrected chi connectivity index (χ3v) is 6.56. The summed E-state index contributed by atoms with van der Waals surface area (Å²) >= 11 is 0. The van der Waals surface area contributed by atoms with Crippen LogP contribution in [0, 0.1) is 17.5 Å². The number of nitrogen functional groups attached to an aromatic ring is 1. The minimum absolute atomic E-state index is 0.0631. The molecule has 2 aromatic rings. The lowest BCUT2D eigenvalue weighted by Crippen LogP contribution is -2.39. The number of aliphatic hydroxyl groups excluding tert-OH is 1. The fraction of sp³-hybridized carbons (Fsp3) is 0.235. The molecular weight excluding hydrogens is 385 g/mol. The minimum atomic E-state index is -3.85. The van der Waals surface area contributed by atoms with E-state index in [1.54, 1.807) is 0 Å². The predicted octanol–water partition coefficient (Wildman–Crippen LogP) is 2.24. The first-order valence-electron chi connectivity index (χ1n) is 7.87.